The lowest BCUT2D eigenvalue weighted by molar-refractivity contribution is -0.156. The van der Waals surface area contributed by atoms with Crippen LogP contribution in [-0.4, -0.2) is 37.2 Å². The van der Waals surface area contributed by atoms with Crippen LogP contribution >= 0.6 is 15.9 Å². The molecule has 1 aliphatic heterocycles. The third-order valence-corrected chi connectivity index (χ3v) is 2.19. The van der Waals surface area contributed by atoms with Crippen LogP contribution in [0.5, 0.6) is 0 Å². The van der Waals surface area contributed by atoms with E-state index in [1.54, 1.807) is 0 Å². The first-order valence-corrected chi connectivity index (χ1v) is 4.67. The van der Waals surface area contributed by atoms with Crippen LogP contribution in [0.25, 0.3) is 0 Å². The minimum Gasteiger partial charge on any atom is -0.379 e. The summed E-state index contributed by atoms with van der Waals surface area (Å²) >= 11 is 2.54. The van der Waals surface area contributed by atoms with Gasteiger partial charge in [0.05, 0.1) is 13.2 Å². The topological polar surface area (TPSA) is 12.5 Å². The highest BCUT2D eigenvalue weighted by Gasteiger charge is 2.42. The van der Waals surface area contributed by atoms with Gasteiger partial charge in [0.25, 0.3) is 0 Å². The summed E-state index contributed by atoms with van der Waals surface area (Å²) < 4.78 is 43.8. The monoisotopic (exact) mass is 259 g/mol. The van der Waals surface area contributed by atoms with Crippen molar-refractivity contribution in [3.05, 3.63) is 10.8 Å². The van der Waals surface area contributed by atoms with Gasteiger partial charge in [-0.1, -0.05) is 15.9 Å². The van der Waals surface area contributed by atoms with E-state index in [2.05, 4.69) is 15.9 Å². The number of alkyl halides is 2. The van der Waals surface area contributed by atoms with Crippen LogP contribution in [0.2, 0.25) is 0 Å². The van der Waals surface area contributed by atoms with Gasteiger partial charge >= 0.3 is 6.05 Å². The highest BCUT2D eigenvalue weighted by molar-refractivity contribution is 9.11. The van der Waals surface area contributed by atoms with Crippen molar-refractivity contribution in [2.45, 2.75) is 6.05 Å². The predicted molar refractivity (Wildman–Crippen MR) is 45.5 cm³/mol. The lowest BCUT2D eigenvalue weighted by Crippen LogP contribution is -2.48. The Labute approximate surface area is 82.5 Å². The fourth-order valence-electron chi connectivity index (χ4n) is 1.06. The Kier molecular flexibility index (Phi) is 3.75. The summed E-state index contributed by atoms with van der Waals surface area (Å²) in [5.74, 6) is -1.48. The third-order valence-electron chi connectivity index (χ3n) is 1.79. The second-order valence-corrected chi connectivity index (χ2v) is 3.06. The van der Waals surface area contributed by atoms with Crippen LogP contribution in [0.15, 0.2) is 10.8 Å². The van der Waals surface area contributed by atoms with Crippen molar-refractivity contribution in [2.75, 3.05) is 26.3 Å². The fourth-order valence-corrected chi connectivity index (χ4v) is 1.34. The molecule has 0 radical (unpaired) electrons. The van der Waals surface area contributed by atoms with Crippen LogP contribution in [-0.2, 0) is 4.74 Å². The number of nitrogens with zero attached hydrogens (tertiary/aromatic N) is 1. The Morgan fingerprint density at radius 2 is 1.92 bits per heavy atom. The van der Waals surface area contributed by atoms with Gasteiger partial charge in [-0.3, -0.25) is 0 Å². The van der Waals surface area contributed by atoms with Gasteiger partial charge in [-0.15, -0.1) is 0 Å². The first-order valence-electron chi connectivity index (χ1n) is 3.76. The van der Waals surface area contributed by atoms with E-state index < -0.39 is 11.9 Å². The van der Waals surface area contributed by atoms with Crippen LogP contribution < -0.4 is 0 Å². The molecule has 0 aliphatic carbocycles. The van der Waals surface area contributed by atoms with Crippen LogP contribution in [0.4, 0.5) is 13.2 Å². The molecule has 1 heterocycles. The molecule has 0 saturated carbocycles. The van der Waals surface area contributed by atoms with E-state index in [9.17, 15) is 13.2 Å². The van der Waals surface area contributed by atoms with E-state index in [0.717, 1.165) is 4.90 Å². The molecule has 13 heavy (non-hydrogen) atoms. The Bertz CT molecular complexity index is 204. The standard InChI is InChI=1S/C7H9BrF3NO/c8-5-6(9)7(10,11)12-1-3-13-4-2-12/h5H,1-4H2/b6-5-. The third kappa shape index (κ3) is 2.45. The Hall–Kier alpha value is -0.0700. The summed E-state index contributed by atoms with van der Waals surface area (Å²) in [5, 5.41) is 0. The van der Waals surface area contributed by atoms with Crippen molar-refractivity contribution in [3.8, 4) is 0 Å². The van der Waals surface area contributed by atoms with Gasteiger partial charge in [0.1, 0.15) is 0 Å². The van der Waals surface area contributed by atoms with Crippen LogP contribution in [0.3, 0.4) is 0 Å². The lowest BCUT2D eigenvalue weighted by atomic mass is 10.3. The number of hydrogen-bond donors (Lipinski definition) is 0. The maximum Gasteiger partial charge on any atom is 0.358 e. The Morgan fingerprint density at radius 1 is 1.38 bits per heavy atom. The first-order chi connectivity index (χ1) is 6.09. The Balaban J connectivity index is 2.66. The van der Waals surface area contributed by atoms with E-state index in [4.69, 9.17) is 4.74 Å². The SMILES string of the molecule is F/C(=C\Br)C(F)(F)N1CCOCC1. The zero-order chi connectivity index (χ0) is 9.90. The summed E-state index contributed by atoms with van der Waals surface area (Å²) in [7, 11) is 0. The second-order valence-electron chi connectivity index (χ2n) is 2.60. The molecule has 0 atom stereocenters. The minimum absolute atomic E-state index is 0.0429. The van der Waals surface area contributed by atoms with Gasteiger partial charge in [-0.05, 0) is 0 Å². The number of rotatable bonds is 2. The van der Waals surface area contributed by atoms with Gasteiger partial charge in [0, 0.05) is 18.1 Å². The molecule has 0 aromatic carbocycles. The zero-order valence-electron chi connectivity index (χ0n) is 6.77. The molecular formula is C7H9BrF3NO. The molecule has 0 spiro atoms. The van der Waals surface area contributed by atoms with E-state index in [1.807, 2.05) is 0 Å². The maximum atomic E-state index is 13.1. The molecule has 1 fully saturated rings. The molecule has 0 bridgehead atoms. The molecule has 0 aromatic heterocycles. The first kappa shape index (κ1) is 11.0. The Morgan fingerprint density at radius 3 is 2.38 bits per heavy atom. The smallest absolute Gasteiger partial charge is 0.358 e. The van der Waals surface area contributed by atoms with E-state index >= 15 is 0 Å². The second kappa shape index (κ2) is 4.43. The van der Waals surface area contributed by atoms with Gasteiger partial charge in [0.15, 0.2) is 5.83 Å². The van der Waals surface area contributed by atoms with Crippen molar-refractivity contribution in [2.24, 2.45) is 0 Å². The van der Waals surface area contributed by atoms with Gasteiger partial charge in [0.2, 0.25) is 0 Å². The largest absolute Gasteiger partial charge is 0.379 e. The highest BCUT2D eigenvalue weighted by Crippen LogP contribution is 2.30. The molecule has 1 aliphatic rings. The van der Waals surface area contributed by atoms with Gasteiger partial charge < -0.3 is 4.74 Å². The number of ether oxygens (including phenoxy) is 1. The van der Waals surface area contributed by atoms with Crippen molar-refractivity contribution < 1.29 is 17.9 Å². The summed E-state index contributed by atoms with van der Waals surface area (Å²) in [6.07, 6.45) is 0. The van der Waals surface area contributed by atoms with Crippen molar-refractivity contribution in [3.63, 3.8) is 0 Å². The molecule has 0 N–H and O–H groups in total. The molecule has 0 aromatic rings. The normalized spacial score (nSPS) is 22.0. The number of morpholine rings is 1. The quantitative estimate of drug-likeness (QED) is 0.705. The van der Waals surface area contributed by atoms with Crippen LogP contribution in [0.1, 0.15) is 0 Å². The van der Waals surface area contributed by atoms with Gasteiger partial charge in [-0.2, -0.15) is 8.78 Å². The molecular weight excluding hydrogens is 251 g/mol. The molecule has 1 rings (SSSR count). The highest BCUT2D eigenvalue weighted by atomic mass is 79.9. The molecule has 0 amide bonds. The van der Waals surface area contributed by atoms with Gasteiger partial charge in [-0.25, -0.2) is 9.29 Å². The predicted octanol–water partition coefficient (Wildman–Crippen LogP) is 2.12. The number of halogens is 4. The minimum atomic E-state index is -3.52. The summed E-state index contributed by atoms with van der Waals surface area (Å²) in [6.45, 7) is 0.513. The molecule has 2 nitrogen and oxygen atoms in total. The van der Waals surface area contributed by atoms with E-state index in [1.165, 1.54) is 0 Å². The van der Waals surface area contributed by atoms with Crippen LogP contribution in [0, 0.1) is 0 Å². The van der Waals surface area contributed by atoms with E-state index in [0.29, 0.717) is 4.99 Å². The lowest BCUT2D eigenvalue weighted by Gasteiger charge is -2.32. The molecule has 1 saturated heterocycles. The molecule has 0 unspecified atom stereocenters. The van der Waals surface area contributed by atoms with Crippen molar-refractivity contribution >= 4 is 15.9 Å². The van der Waals surface area contributed by atoms with E-state index in [-0.39, 0.29) is 26.3 Å². The summed E-state index contributed by atoms with van der Waals surface area (Å²) in [4.78, 5) is 1.35. The van der Waals surface area contributed by atoms with Crippen molar-refractivity contribution in [1.29, 1.82) is 0 Å². The number of hydrogen-bond acceptors (Lipinski definition) is 2. The molecule has 6 heteroatoms. The molecule has 76 valence electrons. The zero-order valence-corrected chi connectivity index (χ0v) is 8.36. The average Bonchev–Trinajstić information content (AvgIpc) is 2.18. The van der Waals surface area contributed by atoms with Crippen molar-refractivity contribution in [1.82, 2.24) is 4.90 Å². The summed E-state index contributed by atoms with van der Waals surface area (Å²) in [5.41, 5.74) is 0. The summed E-state index contributed by atoms with van der Waals surface area (Å²) in [6, 6.07) is -3.52. The maximum absolute atomic E-state index is 13.1. The fraction of sp³-hybridized carbons (Fsp3) is 0.714. The average molecular weight is 260 g/mol.